The third-order valence-corrected chi connectivity index (χ3v) is 3.27. The number of nitrogens with zero attached hydrogens (tertiary/aromatic N) is 1. The molecule has 90 valence electrons. The molecule has 3 N–H and O–H groups in total. The molecule has 0 aromatic heterocycles. The topological polar surface area (TPSA) is 58.7 Å². The van der Waals surface area contributed by atoms with Crippen LogP contribution in [0.4, 0.5) is 0 Å². The van der Waals surface area contributed by atoms with E-state index >= 15 is 0 Å². The van der Waals surface area contributed by atoms with Crippen LogP contribution in [0.15, 0.2) is 0 Å². The molecule has 1 fully saturated rings. The molecule has 1 rings (SSSR count). The van der Waals surface area contributed by atoms with Gasteiger partial charge in [0.1, 0.15) is 0 Å². The maximum absolute atomic E-state index is 10.2. The van der Waals surface area contributed by atoms with Crippen LogP contribution >= 0.6 is 0 Å². The lowest BCUT2D eigenvalue weighted by atomic mass is 9.92. The molecule has 0 aliphatic carbocycles. The van der Waals surface area contributed by atoms with Gasteiger partial charge in [0.25, 0.3) is 0 Å². The van der Waals surface area contributed by atoms with Crippen LogP contribution in [0.3, 0.4) is 0 Å². The normalized spacial score (nSPS) is 28.0. The van der Waals surface area contributed by atoms with Crippen molar-refractivity contribution in [1.82, 2.24) is 4.90 Å². The first-order chi connectivity index (χ1) is 6.95. The summed E-state index contributed by atoms with van der Waals surface area (Å²) in [6.07, 6.45) is 0.127. The highest BCUT2D eigenvalue weighted by atomic mass is 16.5. The van der Waals surface area contributed by atoms with E-state index < -0.39 is 5.60 Å². The fourth-order valence-corrected chi connectivity index (χ4v) is 1.70. The molecule has 0 radical (unpaired) electrons. The van der Waals surface area contributed by atoms with Crippen molar-refractivity contribution in [3.63, 3.8) is 0 Å². The van der Waals surface area contributed by atoms with E-state index in [0.717, 1.165) is 19.7 Å². The number of morpholine rings is 1. The third kappa shape index (κ3) is 3.72. The van der Waals surface area contributed by atoms with E-state index in [1.807, 2.05) is 20.8 Å². The Morgan fingerprint density at radius 1 is 1.60 bits per heavy atom. The summed E-state index contributed by atoms with van der Waals surface area (Å²) in [5, 5.41) is 10.2. The summed E-state index contributed by atoms with van der Waals surface area (Å²) in [4.78, 5) is 2.24. The van der Waals surface area contributed by atoms with Gasteiger partial charge >= 0.3 is 0 Å². The summed E-state index contributed by atoms with van der Waals surface area (Å²) in [6, 6.07) is 0. The van der Waals surface area contributed by atoms with Crippen LogP contribution in [-0.4, -0.2) is 54.5 Å². The van der Waals surface area contributed by atoms with Gasteiger partial charge in [0.05, 0.1) is 18.3 Å². The molecule has 1 heterocycles. The molecule has 4 heteroatoms. The fourth-order valence-electron chi connectivity index (χ4n) is 1.70. The number of nitrogens with two attached hydrogens (primary N) is 1. The second kappa shape index (κ2) is 5.25. The maximum Gasteiger partial charge on any atom is 0.0824 e. The average Bonchev–Trinajstić information content (AvgIpc) is 2.17. The van der Waals surface area contributed by atoms with Crippen molar-refractivity contribution in [2.45, 2.75) is 32.5 Å². The van der Waals surface area contributed by atoms with Crippen molar-refractivity contribution in [1.29, 1.82) is 0 Å². The van der Waals surface area contributed by atoms with E-state index in [9.17, 15) is 5.11 Å². The Hall–Kier alpha value is -0.160. The average molecular weight is 216 g/mol. The van der Waals surface area contributed by atoms with Gasteiger partial charge in [-0.3, -0.25) is 4.90 Å². The summed E-state index contributed by atoms with van der Waals surface area (Å²) >= 11 is 0. The zero-order chi connectivity index (χ0) is 11.5. The molecule has 4 nitrogen and oxygen atoms in total. The first-order valence-corrected chi connectivity index (χ1v) is 5.72. The quantitative estimate of drug-likeness (QED) is 0.697. The van der Waals surface area contributed by atoms with Gasteiger partial charge in [-0.15, -0.1) is 0 Å². The predicted molar refractivity (Wildman–Crippen MR) is 60.7 cm³/mol. The van der Waals surface area contributed by atoms with Crippen molar-refractivity contribution in [3.05, 3.63) is 0 Å². The van der Waals surface area contributed by atoms with E-state index in [1.165, 1.54) is 0 Å². The van der Waals surface area contributed by atoms with Crippen LogP contribution in [0.5, 0.6) is 0 Å². The largest absolute Gasteiger partial charge is 0.389 e. The molecule has 0 aromatic carbocycles. The van der Waals surface area contributed by atoms with E-state index in [0.29, 0.717) is 13.1 Å². The number of hydrogen-bond donors (Lipinski definition) is 2. The van der Waals surface area contributed by atoms with E-state index in [4.69, 9.17) is 10.5 Å². The first kappa shape index (κ1) is 12.9. The highest BCUT2D eigenvalue weighted by Gasteiger charge is 2.30. The van der Waals surface area contributed by atoms with Crippen molar-refractivity contribution in [2.24, 2.45) is 11.7 Å². The Labute approximate surface area is 92.4 Å². The van der Waals surface area contributed by atoms with E-state index in [-0.39, 0.29) is 12.0 Å². The molecule has 2 atom stereocenters. The zero-order valence-corrected chi connectivity index (χ0v) is 10.1. The minimum absolute atomic E-state index is 0.127. The lowest BCUT2D eigenvalue weighted by molar-refractivity contribution is -0.0698. The van der Waals surface area contributed by atoms with E-state index in [1.54, 1.807) is 0 Å². The molecule has 1 saturated heterocycles. The number of aliphatic hydroxyl groups is 1. The highest BCUT2D eigenvalue weighted by molar-refractivity contribution is 4.83. The van der Waals surface area contributed by atoms with Gasteiger partial charge in [-0.05, 0) is 12.8 Å². The van der Waals surface area contributed by atoms with Crippen molar-refractivity contribution < 1.29 is 9.84 Å². The molecule has 0 aromatic rings. The first-order valence-electron chi connectivity index (χ1n) is 5.72. The van der Waals surface area contributed by atoms with Crippen molar-refractivity contribution >= 4 is 0 Å². The SMILES string of the molecule is CC(C)C(C)(O)CN1CCOC(CN)C1. The van der Waals surface area contributed by atoms with Crippen LogP contribution in [0.2, 0.25) is 0 Å². The van der Waals surface area contributed by atoms with Gasteiger partial charge in [-0.1, -0.05) is 13.8 Å². The number of ether oxygens (including phenoxy) is 1. The monoisotopic (exact) mass is 216 g/mol. The molecule has 2 unspecified atom stereocenters. The van der Waals surface area contributed by atoms with Crippen LogP contribution < -0.4 is 5.73 Å². The van der Waals surface area contributed by atoms with Gasteiger partial charge in [0.15, 0.2) is 0 Å². The molecule has 0 saturated carbocycles. The molecule has 1 aliphatic rings. The van der Waals surface area contributed by atoms with Crippen LogP contribution in [0.1, 0.15) is 20.8 Å². The van der Waals surface area contributed by atoms with Crippen molar-refractivity contribution in [3.8, 4) is 0 Å². The zero-order valence-electron chi connectivity index (χ0n) is 10.1. The summed E-state index contributed by atoms with van der Waals surface area (Å²) in [5.74, 6) is 0.261. The minimum Gasteiger partial charge on any atom is -0.389 e. The van der Waals surface area contributed by atoms with Gasteiger partial charge in [-0.25, -0.2) is 0 Å². The third-order valence-electron chi connectivity index (χ3n) is 3.27. The Kier molecular flexibility index (Phi) is 4.52. The fraction of sp³-hybridized carbons (Fsp3) is 1.00. The molecule has 0 spiro atoms. The molecular weight excluding hydrogens is 192 g/mol. The Balaban J connectivity index is 2.44. The lowest BCUT2D eigenvalue weighted by Crippen LogP contribution is -2.52. The second-order valence-electron chi connectivity index (χ2n) is 4.98. The minimum atomic E-state index is -0.628. The van der Waals surface area contributed by atoms with E-state index in [2.05, 4.69) is 4.90 Å². The molecule has 15 heavy (non-hydrogen) atoms. The van der Waals surface area contributed by atoms with Crippen molar-refractivity contribution in [2.75, 3.05) is 32.8 Å². The summed E-state index contributed by atoms with van der Waals surface area (Å²) in [6.45, 7) is 9.67. The standard InChI is InChI=1S/C11H24N2O2/c1-9(2)11(3,14)8-13-4-5-15-10(6-12)7-13/h9-10,14H,4-8,12H2,1-3H3. The van der Waals surface area contributed by atoms with Gasteiger partial charge < -0.3 is 15.6 Å². The van der Waals surface area contributed by atoms with Crippen LogP contribution in [0, 0.1) is 5.92 Å². The van der Waals surface area contributed by atoms with Gasteiger partial charge in [0.2, 0.25) is 0 Å². The van der Waals surface area contributed by atoms with Crippen LogP contribution in [0.25, 0.3) is 0 Å². The molecule has 0 amide bonds. The highest BCUT2D eigenvalue weighted by Crippen LogP contribution is 2.18. The Morgan fingerprint density at radius 2 is 2.27 bits per heavy atom. The van der Waals surface area contributed by atoms with Gasteiger partial charge in [0, 0.05) is 26.2 Å². The number of hydrogen-bond acceptors (Lipinski definition) is 4. The smallest absolute Gasteiger partial charge is 0.0824 e. The Morgan fingerprint density at radius 3 is 2.80 bits per heavy atom. The maximum atomic E-state index is 10.2. The Bertz CT molecular complexity index is 195. The molecular formula is C11H24N2O2. The molecule has 1 aliphatic heterocycles. The summed E-state index contributed by atoms with van der Waals surface area (Å²) in [7, 11) is 0. The number of rotatable bonds is 4. The predicted octanol–water partition coefficient (Wildman–Crippen LogP) is 0.0529. The molecule has 0 bridgehead atoms. The lowest BCUT2D eigenvalue weighted by Gasteiger charge is -2.38. The van der Waals surface area contributed by atoms with Crippen LogP contribution in [-0.2, 0) is 4.74 Å². The summed E-state index contributed by atoms with van der Waals surface area (Å²) < 4.78 is 5.48. The second-order valence-corrected chi connectivity index (χ2v) is 4.98. The number of β-amino-alcohol motifs (C(OH)–C–C–N with tert-alkyl or cyclic N) is 1. The van der Waals surface area contributed by atoms with Gasteiger partial charge in [-0.2, -0.15) is 0 Å². The summed E-state index contributed by atoms with van der Waals surface area (Å²) in [5.41, 5.74) is 4.95.